The van der Waals surface area contributed by atoms with Crippen LogP contribution in [0.4, 0.5) is 0 Å². The molecule has 270 valence electrons. The van der Waals surface area contributed by atoms with E-state index in [4.69, 9.17) is 47.4 Å². The van der Waals surface area contributed by atoms with E-state index in [0.29, 0.717) is 0 Å². The van der Waals surface area contributed by atoms with Crippen LogP contribution in [0.5, 0.6) is 0 Å². The SMILES string of the molecule is CC(=O)OC[C@H]1O[C@@H](O[C@@H]2OC=C[C@H]3[C@H](OC(C)=O)[C@@H]4O[C@]4(COC(=O)/C=C\c4ccccc4)[C@@H]23)[C@H](OC(C)=O)[C@@H](OC(C)=O)[C@@H]1OC(C)=O. The van der Waals surface area contributed by atoms with Crippen LogP contribution in [0.15, 0.2) is 48.7 Å². The Morgan fingerprint density at radius 1 is 0.740 bits per heavy atom. The molecular formula is C34H38O16. The van der Waals surface area contributed by atoms with Crippen molar-refractivity contribution in [1.29, 1.82) is 0 Å². The number of hydrogen-bond donors (Lipinski definition) is 0. The highest BCUT2D eigenvalue weighted by Crippen LogP contribution is 2.61. The number of fused-ring (bicyclic) bond motifs is 3. The Kier molecular flexibility index (Phi) is 11.2. The third-order valence-corrected chi connectivity index (χ3v) is 8.40. The molecule has 4 aliphatic rings. The number of carbonyl (C=O) groups excluding carboxylic acids is 6. The fraction of sp³-hybridized carbons (Fsp3) is 0.529. The van der Waals surface area contributed by atoms with Gasteiger partial charge in [-0.15, -0.1) is 0 Å². The van der Waals surface area contributed by atoms with Crippen molar-refractivity contribution >= 4 is 41.9 Å². The summed E-state index contributed by atoms with van der Waals surface area (Å²) in [6.45, 7) is 4.97. The van der Waals surface area contributed by atoms with Crippen LogP contribution in [0.25, 0.3) is 6.08 Å². The second-order valence-corrected chi connectivity index (χ2v) is 12.1. The van der Waals surface area contributed by atoms with E-state index < -0.39 is 109 Å². The molecule has 50 heavy (non-hydrogen) atoms. The molecule has 0 bridgehead atoms. The number of epoxide rings is 1. The number of ether oxygens (including phenoxy) is 10. The van der Waals surface area contributed by atoms with Gasteiger partial charge in [-0.3, -0.25) is 24.0 Å². The smallest absolute Gasteiger partial charge is 0.330 e. The van der Waals surface area contributed by atoms with Gasteiger partial charge in [-0.25, -0.2) is 4.79 Å². The highest BCUT2D eigenvalue weighted by molar-refractivity contribution is 5.87. The van der Waals surface area contributed by atoms with Gasteiger partial charge in [0.1, 0.15) is 37.1 Å². The van der Waals surface area contributed by atoms with Crippen molar-refractivity contribution in [3.63, 3.8) is 0 Å². The zero-order chi connectivity index (χ0) is 36.2. The Hall–Kier alpha value is -4.80. The lowest BCUT2D eigenvalue weighted by atomic mass is 9.85. The summed E-state index contributed by atoms with van der Waals surface area (Å²) >= 11 is 0. The molecule has 16 nitrogen and oxygen atoms in total. The van der Waals surface area contributed by atoms with Crippen molar-refractivity contribution in [3.05, 3.63) is 54.3 Å². The molecule has 3 aliphatic heterocycles. The molecule has 3 heterocycles. The maximum absolute atomic E-state index is 12.8. The van der Waals surface area contributed by atoms with Gasteiger partial charge in [0.05, 0.1) is 12.2 Å². The van der Waals surface area contributed by atoms with Crippen molar-refractivity contribution in [2.45, 2.75) is 89.4 Å². The topological polar surface area (TPSA) is 198 Å². The lowest BCUT2D eigenvalue weighted by Gasteiger charge is -2.46. The van der Waals surface area contributed by atoms with Crippen LogP contribution in [-0.4, -0.2) is 104 Å². The van der Waals surface area contributed by atoms with Crippen molar-refractivity contribution in [1.82, 2.24) is 0 Å². The van der Waals surface area contributed by atoms with Crippen LogP contribution in [0.1, 0.15) is 40.2 Å². The fourth-order valence-electron chi connectivity index (χ4n) is 6.54. The van der Waals surface area contributed by atoms with Crippen molar-refractivity contribution < 1.29 is 76.1 Å². The van der Waals surface area contributed by atoms with E-state index in [0.717, 1.165) is 33.3 Å². The maximum Gasteiger partial charge on any atom is 0.330 e. The number of rotatable bonds is 12. The standard InChI is InChI=1S/C34H38O16/c1-17(35)42-15-24-28(45-19(3)37)29(46-20(4)38)30(47-21(5)39)33(48-24)49-32-26-23(13-14-41-32)27(44-18(2)36)31-34(26,50-31)16-43-25(40)12-11-22-9-7-6-8-10-22/h6-14,23-24,26-33H,15-16H2,1-5H3/b12-11-/t23-,24-,26-,27+,28-,29+,30-,31+,32+,33+,34-/m1/s1. The Labute approximate surface area is 286 Å². The van der Waals surface area contributed by atoms with E-state index in [2.05, 4.69) is 0 Å². The van der Waals surface area contributed by atoms with Crippen LogP contribution in [0, 0.1) is 11.8 Å². The minimum absolute atomic E-state index is 0.274. The predicted molar refractivity (Wildman–Crippen MR) is 164 cm³/mol. The van der Waals surface area contributed by atoms with E-state index in [1.807, 2.05) is 30.3 Å². The molecule has 1 aliphatic carbocycles. The average Bonchev–Trinajstić information content (AvgIpc) is 3.71. The lowest BCUT2D eigenvalue weighted by Crippen LogP contribution is -2.64. The van der Waals surface area contributed by atoms with Gasteiger partial charge in [-0.05, 0) is 17.7 Å². The molecular weight excluding hydrogens is 664 g/mol. The molecule has 0 spiro atoms. The Balaban J connectivity index is 1.43. The molecule has 11 atom stereocenters. The summed E-state index contributed by atoms with van der Waals surface area (Å²) in [5.74, 6) is -5.68. The van der Waals surface area contributed by atoms with E-state index in [9.17, 15) is 28.8 Å². The lowest BCUT2D eigenvalue weighted by molar-refractivity contribution is -0.346. The molecule has 3 fully saturated rings. The fourth-order valence-corrected chi connectivity index (χ4v) is 6.54. The first-order valence-electron chi connectivity index (χ1n) is 15.8. The minimum atomic E-state index is -1.58. The molecule has 5 rings (SSSR count). The second kappa shape index (κ2) is 15.4. The molecule has 1 aromatic carbocycles. The zero-order valence-corrected chi connectivity index (χ0v) is 27.9. The van der Waals surface area contributed by atoms with E-state index in [1.54, 1.807) is 12.2 Å². The summed E-state index contributed by atoms with van der Waals surface area (Å²) in [6, 6.07) is 9.12. The number of benzene rings is 1. The first-order chi connectivity index (χ1) is 23.8. The van der Waals surface area contributed by atoms with Crippen LogP contribution in [0.3, 0.4) is 0 Å². The summed E-state index contributed by atoms with van der Waals surface area (Å²) in [4.78, 5) is 73.3. The van der Waals surface area contributed by atoms with Gasteiger partial charge < -0.3 is 47.4 Å². The van der Waals surface area contributed by atoms with E-state index in [-0.39, 0.29) is 6.61 Å². The minimum Gasteiger partial charge on any atom is -0.472 e. The first-order valence-corrected chi connectivity index (χ1v) is 15.8. The van der Waals surface area contributed by atoms with Crippen molar-refractivity contribution in [2.24, 2.45) is 11.8 Å². The van der Waals surface area contributed by atoms with E-state index in [1.165, 1.54) is 19.3 Å². The predicted octanol–water partition coefficient (Wildman–Crippen LogP) is 1.53. The Morgan fingerprint density at radius 3 is 2.00 bits per heavy atom. The first kappa shape index (κ1) is 36.5. The van der Waals surface area contributed by atoms with Crippen LogP contribution in [0.2, 0.25) is 0 Å². The van der Waals surface area contributed by atoms with Gasteiger partial charge in [0.2, 0.25) is 12.6 Å². The zero-order valence-electron chi connectivity index (χ0n) is 27.9. The molecule has 0 unspecified atom stereocenters. The molecule has 1 saturated carbocycles. The monoisotopic (exact) mass is 702 g/mol. The Bertz CT molecular complexity index is 1520. The van der Waals surface area contributed by atoms with Gasteiger partial charge >= 0.3 is 35.8 Å². The van der Waals surface area contributed by atoms with Crippen LogP contribution >= 0.6 is 0 Å². The van der Waals surface area contributed by atoms with Gasteiger partial charge in [-0.1, -0.05) is 30.3 Å². The number of hydrogen-bond acceptors (Lipinski definition) is 16. The second-order valence-electron chi connectivity index (χ2n) is 12.1. The van der Waals surface area contributed by atoms with Gasteiger partial charge in [0.15, 0.2) is 18.3 Å². The maximum atomic E-state index is 12.8. The summed E-state index contributed by atoms with van der Waals surface area (Å²) in [5.41, 5.74) is -0.461. The average molecular weight is 703 g/mol. The highest BCUT2D eigenvalue weighted by Gasteiger charge is 2.78. The molecule has 2 saturated heterocycles. The molecule has 0 N–H and O–H groups in total. The third-order valence-electron chi connectivity index (χ3n) is 8.40. The van der Waals surface area contributed by atoms with Crippen LogP contribution < -0.4 is 0 Å². The summed E-state index contributed by atoms with van der Waals surface area (Å²) < 4.78 is 57.2. The van der Waals surface area contributed by atoms with E-state index >= 15 is 0 Å². The molecule has 16 heteroatoms. The summed E-state index contributed by atoms with van der Waals surface area (Å²) in [7, 11) is 0. The Morgan fingerprint density at radius 2 is 1.36 bits per heavy atom. The summed E-state index contributed by atoms with van der Waals surface area (Å²) in [5, 5.41) is 0. The molecule has 1 aromatic rings. The van der Waals surface area contributed by atoms with Crippen LogP contribution in [-0.2, 0) is 76.1 Å². The van der Waals surface area contributed by atoms with Gasteiger partial charge in [0, 0.05) is 46.6 Å². The van der Waals surface area contributed by atoms with Crippen molar-refractivity contribution in [2.75, 3.05) is 13.2 Å². The normalized spacial score (nSPS) is 33.5. The largest absolute Gasteiger partial charge is 0.472 e. The van der Waals surface area contributed by atoms with Crippen molar-refractivity contribution in [3.8, 4) is 0 Å². The molecule has 0 radical (unpaired) electrons. The van der Waals surface area contributed by atoms with Gasteiger partial charge in [0.25, 0.3) is 0 Å². The highest BCUT2D eigenvalue weighted by atomic mass is 16.8. The quantitative estimate of drug-likeness (QED) is 0.131. The molecule has 0 aromatic heterocycles. The number of carbonyl (C=O) groups is 6. The number of esters is 6. The summed E-state index contributed by atoms with van der Waals surface area (Å²) in [6.07, 6.45) is -4.20. The third kappa shape index (κ3) is 8.31. The molecule has 0 amide bonds. The van der Waals surface area contributed by atoms with Gasteiger partial charge in [-0.2, -0.15) is 0 Å².